The lowest BCUT2D eigenvalue weighted by molar-refractivity contribution is -0.0522. The fraction of sp³-hybridized carbons (Fsp3) is 0.163. The van der Waals surface area contributed by atoms with Crippen LogP contribution in [0.2, 0.25) is 10.0 Å². The smallest absolute Gasteiger partial charge is 0.387 e. The molecule has 4 aromatic carbocycles. The number of rotatable bonds is 9. The summed E-state index contributed by atoms with van der Waals surface area (Å²) in [5.41, 5.74) is 6.72. The molecule has 0 amide bonds. The Morgan fingerprint density at radius 2 is 1.33 bits per heavy atom. The summed E-state index contributed by atoms with van der Waals surface area (Å²) in [7, 11) is 1.47. The second-order valence-electron chi connectivity index (χ2n) is 13.8. The van der Waals surface area contributed by atoms with Crippen molar-refractivity contribution >= 4 is 35.2 Å². The van der Waals surface area contributed by atoms with Gasteiger partial charge < -0.3 is 18.9 Å². The van der Waals surface area contributed by atoms with Crippen molar-refractivity contribution in [2.45, 2.75) is 24.6 Å². The van der Waals surface area contributed by atoms with E-state index < -0.39 is 41.0 Å². The number of benzene rings is 4. The van der Waals surface area contributed by atoms with E-state index in [1.165, 1.54) is 49.8 Å². The summed E-state index contributed by atoms with van der Waals surface area (Å²) >= 11 is 12.8. The molecule has 60 heavy (non-hydrogen) atoms. The van der Waals surface area contributed by atoms with Crippen LogP contribution < -0.4 is 20.3 Å². The molecule has 0 spiro atoms. The van der Waals surface area contributed by atoms with Crippen molar-refractivity contribution in [2.24, 2.45) is 9.98 Å². The molecule has 0 radical (unpaired) electrons. The normalized spacial score (nSPS) is 18.4. The van der Waals surface area contributed by atoms with Crippen LogP contribution in [0.25, 0.3) is 22.3 Å². The fourth-order valence-corrected chi connectivity index (χ4v) is 7.54. The number of hydrogen-bond donors (Lipinski definition) is 2. The molecule has 2 aromatic heterocycles. The highest BCUT2D eigenvalue weighted by molar-refractivity contribution is 6.32. The van der Waals surface area contributed by atoms with Crippen molar-refractivity contribution < 1.29 is 40.9 Å². The molecular formula is C43H31Cl2F5N6O4. The third-order valence-corrected chi connectivity index (χ3v) is 10.5. The van der Waals surface area contributed by atoms with Crippen LogP contribution in [0.1, 0.15) is 27.8 Å². The topological polar surface area (TPSA) is 111 Å². The van der Waals surface area contributed by atoms with Gasteiger partial charge in [-0.05, 0) is 94.9 Å². The number of aliphatic imine (C=N–C) groups is 2. The first-order chi connectivity index (χ1) is 28.9. The lowest BCUT2D eigenvalue weighted by Gasteiger charge is -2.26. The molecule has 17 heteroatoms. The maximum atomic E-state index is 15.4. The number of hydrogen-bond acceptors (Lipinski definition) is 10. The summed E-state index contributed by atoms with van der Waals surface area (Å²) in [5, 5.41) is 0.684. The predicted molar refractivity (Wildman–Crippen MR) is 215 cm³/mol. The average Bonchev–Trinajstić information content (AvgIpc) is 3.88. The van der Waals surface area contributed by atoms with Gasteiger partial charge in [-0.25, -0.2) is 34.6 Å². The van der Waals surface area contributed by atoms with Crippen LogP contribution in [0.3, 0.4) is 0 Å². The Morgan fingerprint density at radius 1 is 0.683 bits per heavy atom. The van der Waals surface area contributed by atoms with Gasteiger partial charge in [-0.15, -0.1) is 0 Å². The van der Waals surface area contributed by atoms with Crippen LogP contribution in [0, 0.1) is 24.5 Å². The van der Waals surface area contributed by atoms with Crippen LogP contribution in [-0.4, -0.2) is 48.9 Å². The van der Waals surface area contributed by atoms with Gasteiger partial charge in [0.05, 0.1) is 17.2 Å². The lowest BCUT2D eigenvalue weighted by Crippen LogP contribution is -2.42. The second kappa shape index (κ2) is 16.3. The molecule has 0 saturated carbocycles. The first kappa shape index (κ1) is 40.3. The lowest BCUT2D eigenvalue weighted by atomic mass is 9.83. The maximum absolute atomic E-state index is 15.4. The number of nitrogens with one attached hydrogen (secondary N) is 2. The molecule has 1 unspecified atom stereocenters. The molecule has 2 aliphatic heterocycles. The van der Waals surface area contributed by atoms with Gasteiger partial charge in [0.1, 0.15) is 24.8 Å². The van der Waals surface area contributed by atoms with Crippen molar-refractivity contribution in [3.8, 4) is 33.8 Å². The minimum atomic E-state index is -3.24. The van der Waals surface area contributed by atoms with E-state index in [0.29, 0.717) is 44.2 Å². The van der Waals surface area contributed by atoms with Gasteiger partial charge in [-0.1, -0.05) is 59.6 Å². The number of aryl methyl sites for hydroxylation is 1. The summed E-state index contributed by atoms with van der Waals surface area (Å²) in [4.78, 5) is 17.7. The standard InChI is InChI=1S/C43H31Cl2F5N6O4/c1-23-12-32(38(48)52-18-23)31-15-27(6-9-34(31)46)43(28-7-10-36(57-2)33(45)16-28)22-59-41(54-43)56-55-40-53-42(21-58-40,29-8-11-37(35(47)17-29)60-39(49)50)26-5-3-4-24(13-26)25-14-30(44)20-51-19-25/h3-20,39H,21-22H2,1-2H3,(H,53,55)(H,54,56)/t42-,43?/m0/s1. The zero-order valence-corrected chi connectivity index (χ0v) is 33.0. The monoisotopic (exact) mass is 860 g/mol. The Bertz CT molecular complexity index is 2690. The van der Waals surface area contributed by atoms with E-state index in [9.17, 15) is 8.78 Å². The number of methoxy groups -OCH3 is 1. The number of hydrazine groups is 1. The van der Waals surface area contributed by atoms with E-state index in [4.69, 9.17) is 47.4 Å². The summed E-state index contributed by atoms with van der Waals surface area (Å²) < 4.78 is 93.7. The van der Waals surface area contributed by atoms with Gasteiger partial charge in [0.15, 0.2) is 22.6 Å². The van der Waals surface area contributed by atoms with E-state index in [2.05, 4.69) is 25.6 Å². The van der Waals surface area contributed by atoms with E-state index >= 15 is 13.2 Å². The highest BCUT2D eigenvalue weighted by Gasteiger charge is 2.44. The zero-order chi connectivity index (χ0) is 42.2. The molecule has 2 atom stereocenters. The molecule has 0 aliphatic carbocycles. The average molecular weight is 862 g/mol. The van der Waals surface area contributed by atoms with E-state index in [-0.39, 0.29) is 47.0 Å². The van der Waals surface area contributed by atoms with Crippen molar-refractivity contribution in [3.63, 3.8) is 0 Å². The summed E-state index contributed by atoms with van der Waals surface area (Å²) in [6.07, 6.45) is 4.48. The number of amidine groups is 2. The van der Waals surface area contributed by atoms with E-state index in [1.807, 2.05) is 12.1 Å². The Balaban J connectivity index is 1.17. The second-order valence-corrected chi connectivity index (χ2v) is 14.6. The Morgan fingerprint density at radius 3 is 1.98 bits per heavy atom. The van der Waals surface area contributed by atoms with Crippen molar-refractivity contribution in [3.05, 3.63) is 165 Å². The molecule has 306 valence electrons. The summed E-state index contributed by atoms with van der Waals surface area (Å²) in [6, 6.07) is 23.1. The van der Waals surface area contributed by atoms with Crippen LogP contribution in [0.5, 0.6) is 11.5 Å². The first-order valence-corrected chi connectivity index (χ1v) is 18.8. The van der Waals surface area contributed by atoms with Gasteiger partial charge in [0.2, 0.25) is 5.95 Å². The zero-order valence-electron chi connectivity index (χ0n) is 31.5. The number of alkyl halides is 2. The molecule has 4 heterocycles. The van der Waals surface area contributed by atoms with Gasteiger partial charge >= 0.3 is 18.7 Å². The predicted octanol–water partition coefficient (Wildman–Crippen LogP) is 9.51. The Labute approximate surface area is 349 Å². The van der Waals surface area contributed by atoms with Crippen LogP contribution in [0.15, 0.2) is 120 Å². The molecule has 8 rings (SSSR count). The van der Waals surface area contributed by atoms with Crippen LogP contribution in [-0.2, 0) is 20.6 Å². The third-order valence-electron chi connectivity index (χ3n) is 10.0. The summed E-state index contributed by atoms with van der Waals surface area (Å²) in [5.74, 6) is -2.81. The summed E-state index contributed by atoms with van der Waals surface area (Å²) in [6.45, 7) is -1.80. The molecule has 10 nitrogen and oxygen atoms in total. The quantitative estimate of drug-likeness (QED) is 0.0841. The van der Waals surface area contributed by atoms with Crippen LogP contribution in [0.4, 0.5) is 22.0 Å². The highest BCUT2D eigenvalue weighted by Crippen LogP contribution is 2.43. The SMILES string of the molecule is COc1ccc(C2(c3ccc(F)c(-c4cc(C)cnc4F)c3)COC(NNC3=N[C@@](c4cccc(-c5cncc(Cl)c5)c4)(c4ccc(OC(F)F)c(F)c4)CO3)=N2)cc1Cl. The number of halogens is 7. The number of pyridine rings is 2. The van der Waals surface area contributed by atoms with Gasteiger partial charge in [-0.3, -0.25) is 4.98 Å². The minimum Gasteiger partial charge on any atom is -0.495 e. The van der Waals surface area contributed by atoms with Crippen molar-refractivity contribution in [1.82, 2.24) is 20.8 Å². The van der Waals surface area contributed by atoms with Gasteiger partial charge in [0.25, 0.3) is 0 Å². The Hall–Kier alpha value is -6.45. The molecular weight excluding hydrogens is 830 g/mol. The fourth-order valence-electron chi connectivity index (χ4n) is 7.11. The van der Waals surface area contributed by atoms with Crippen LogP contribution >= 0.6 is 23.2 Å². The molecule has 2 N–H and O–H groups in total. The molecule has 0 fully saturated rings. The molecule has 2 aliphatic rings. The minimum absolute atomic E-state index is 0.0362. The number of aromatic nitrogens is 2. The molecule has 0 saturated heterocycles. The van der Waals surface area contributed by atoms with Gasteiger partial charge in [-0.2, -0.15) is 13.2 Å². The van der Waals surface area contributed by atoms with E-state index in [1.54, 1.807) is 49.5 Å². The largest absolute Gasteiger partial charge is 0.495 e. The van der Waals surface area contributed by atoms with Crippen molar-refractivity contribution in [2.75, 3.05) is 20.3 Å². The van der Waals surface area contributed by atoms with Crippen molar-refractivity contribution in [1.29, 1.82) is 0 Å². The number of nitrogens with zero attached hydrogens (tertiary/aromatic N) is 4. The third kappa shape index (κ3) is 7.73. The number of ether oxygens (including phenoxy) is 4. The molecule has 0 bridgehead atoms. The Kier molecular flexibility index (Phi) is 11.0. The van der Waals surface area contributed by atoms with E-state index in [0.717, 1.165) is 12.1 Å². The highest BCUT2D eigenvalue weighted by atomic mass is 35.5. The van der Waals surface area contributed by atoms with Gasteiger partial charge in [0, 0.05) is 35.3 Å². The maximum Gasteiger partial charge on any atom is 0.387 e. The first-order valence-electron chi connectivity index (χ1n) is 18.1. The molecule has 6 aromatic rings.